The SMILES string of the molecule is CC(C)=C(C#N)C(=O)N1CCCC1C(=O)NCCc1cc2c(-c3cn[nH]c3/C=C\C=N)ccnc2[nH]1. The van der Waals surface area contributed by atoms with Crippen LogP contribution in [0.4, 0.5) is 0 Å². The van der Waals surface area contributed by atoms with Crippen molar-refractivity contribution in [3.8, 4) is 17.2 Å². The quantitative estimate of drug-likeness (QED) is 0.220. The fraction of sp³-hybridized carbons (Fsp3) is 0.308. The van der Waals surface area contributed by atoms with E-state index in [1.165, 1.54) is 11.1 Å². The van der Waals surface area contributed by atoms with Crippen molar-refractivity contribution >= 4 is 35.1 Å². The summed E-state index contributed by atoms with van der Waals surface area (Å²) in [7, 11) is 0. The zero-order valence-corrected chi connectivity index (χ0v) is 20.3. The molecule has 4 heterocycles. The van der Waals surface area contributed by atoms with Gasteiger partial charge in [0.25, 0.3) is 5.91 Å². The Morgan fingerprint density at radius 2 is 2.19 bits per heavy atom. The second-order valence-corrected chi connectivity index (χ2v) is 8.82. The zero-order valence-electron chi connectivity index (χ0n) is 20.3. The molecule has 184 valence electrons. The van der Waals surface area contributed by atoms with Gasteiger partial charge in [-0.2, -0.15) is 10.4 Å². The first-order chi connectivity index (χ1) is 17.4. The Labute approximate surface area is 208 Å². The second-order valence-electron chi connectivity index (χ2n) is 8.82. The summed E-state index contributed by atoms with van der Waals surface area (Å²) in [4.78, 5) is 34.9. The molecule has 0 spiro atoms. The molecule has 1 unspecified atom stereocenters. The summed E-state index contributed by atoms with van der Waals surface area (Å²) < 4.78 is 0. The van der Waals surface area contributed by atoms with Crippen molar-refractivity contribution in [2.75, 3.05) is 13.1 Å². The summed E-state index contributed by atoms with van der Waals surface area (Å²) in [5.74, 6) is -0.582. The summed E-state index contributed by atoms with van der Waals surface area (Å²) >= 11 is 0. The molecule has 0 radical (unpaired) electrons. The number of hydrogen-bond donors (Lipinski definition) is 4. The van der Waals surface area contributed by atoms with E-state index >= 15 is 0 Å². The van der Waals surface area contributed by atoms with Gasteiger partial charge in [-0.05, 0) is 56.5 Å². The molecule has 0 saturated carbocycles. The molecule has 4 N–H and O–H groups in total. The van der Waals surface area contributed by atoms with E-state index in [-0.39, 0.29) is 17.4 Å². The maximum atomic E-state index is 12.9. The van der Waals surface area contributed by atoms with Crippen molar-refractivity contribution in [1.82, 2.24) is 30.4 Å². The second kappa shape index (κ2) is 10.8. The molecule has 0 aliphatic carbocycles. The van der Waals surface area contributed by atoms with E-state index in [4.69, 9.17) is 5.41 Å². The lowest BCUT2D eigenvalue weighted by Gasteiger charge is -2.24. The number of aromatic nitrogens is 4. The minimum atomic E-state index is -0.565. The minimum absolute atomic E-state index is 0.102. The van der Waals surface area contributed by atoms with Crippen molar-refractivity contribution in [3.63, 3.8) is 0 Å². The van der Waals surface area contributed by atoms with Crippen LogP contribution in [0, 0.1) is 16.7 Å². The van der Waals surface area contributed by atoms with Crippen molar-refractivity contribution < 1.29 is 9.59 Å². The summed E-state index contributed by atoms with van der Waals surface area (Å²) in [5, 5.41) is 27.5. The van der Waals surface area contributed by atoms with Crippen molar-refractivity contribution in [3.05, 3.63) is 53.1 Å². The molecule has 4 rings (SSSR count). The number of likely N-dealkylation sites (tertiary alicyclic amines) is 1. The zero-order chi connectivity index (χ0) is 25.7. The smallest absolute Gasteiger partial charge is 0.265 e. The normalized spacial score (nSPS) is 15.2. The van der Waals surface area contributed by atoms with E-state index in [2.05, 4.69) is 25.5 Å². The van der Waals surface area contributed by atoms with Crippen molar-refractivity contribution in [2.24, 2.45) is 0 Å². The number of nitrogens with one attached hydrogen (secondary N) is 4. The van der Waals surface area contributed by atoms with Crippen LogP contribution in [0.3, 0.4) is 0 Å². The van der Waals surface area contributed by atoms with Gasteiger partial charge in [-0.1, -0.05) is 5.57 Å². The van der Waals surface area contributed by atoms with Crippen LogP contribution in [-0.2, 0) is 16.0 Å². The monoisotopic (exact) mass is 484 g/mol. The van der Waals surface area contributed by atoms with Gasteiger partial charge in [0.1, 0.15) is 23.3 Å². The number of amides is 2. The largest absolute Gasteiger partial charge is 0.354 e. The van der Waals surface area contributed by atoms with Crippen LogP contribution in [0.5, 0.6) is 0 Å². The van der Waals surface area contributed by atoms with Gasteiger partial charge in [0.2, 0.25) is 5.91 Å². The third-order valence-electron chi connectivity index (χ3n) is 6.24. The molecule has 2 amide bonds. The standard InChI is InChI=1S/C26H28N8O2/c1-16(2)20(14-28)26(36)34-12-4-6-23(34)25(35)30-10-7-17-13-19-18(8-11-29-24(19)32-17)21-15-31-33-22(21)5-3-9-27/h3,5,8-9,11,13,15,23,27H,4,6-7,10,12H2,1-2H3,(H,29,32)(H,30,35)(H,31,33)/b5-3-,27-9?. The Kier molecular flexibility index (Phi) is 7.39. The lowest BCUT2D eigenvalue weighted by molar-refractivity contribution is -0.135. The number of aromatic amines is 2. The van der Waals surface area contributed by atoms with E-state index < -0.39 is 6.04 Å². The van der Waals surface area contributed by atoms with Crippen LogP contribution in [0.2, 0.25) is 0 Å². The van der Waals surface area contributed by atoms with Gasteiger partial charge in [-0.3, -0.25) is 14.7 Å². The fourth-order valence-electron chi connectivity index (χ4n) is 4.47. The van der Waals surface area contributed by atoms with E-state index in [9.17, 15) is 14.9 Å². The number of allylic oxidation sites excluding steroid dienone is 2. The highest BCUT2D eigenvalue weighted by molar-refractivity contribution is 6.01. The van der Waals surface area contributed by atoms with E-state index in [0.717, 1.165) is 40.0 Å². The number of rotatable bonds is 8. The number of hydrogen-bond acceptors (Lipinski definition) is 6. The average molecular weight is 485 g/mol. The van der Waals surface area contributed by atoms with E-state index in [0.29, 0.717) is 31.5 Å². The van der Waals surface area contributed by atoms with Crippen LogP contribution in [0.15, 0.2) is 41.7 Å². The number of pyridine rings is 1. The number of nitrogens with zero attached hydrogens (tertiary/aromatic N) is 4. The van der Waals surface area contributed by atoms with E-state index in [1.54, 1.807) is 38.4 Å². The number of H-pyrrole nitrogens is 2. The van der Waals surface area contributed by atoms with E-state index in [1.807, 2.05) is 18.2 Å². The molecule has 0 bridgehead atoms. The Hall–Kier alpha value is -4.52. The van der Waals surface area contributed by atoms with Gasteiger partial charge >= 0.3 is 0 Å². The lowest BCUT2D eigenvalue weighted by Crippen LogP contribution is -2.46. The highest BCUT2D eigenvalue weighted by Gasteiger charge is 2.35. The summed E-state index contributed by atoms with van der Waals surface area (Å²) in [6, 6.07) is 5.34. The summed E-state index contributed by atoms with van der Waals surface area (Å²) in [5.41, 5.74) is 5.05. The van der Waals surface area contributed by atoms with Crippen molar-refractivity contribution in [1.29, 1.82) is 10.7 Å². The Bertz CT molecular complexity index is 1400. The molecule has 0 aromatic carbocycles. The average Bonchev–Trinajstić information content (AvgIpc) is 3.61. The van der Waals surface area contributed by atoms with Gasteiger partial charge in [-0.15, -0.1) is 0 Å². The first-order valence-corrected chi connectivity index (χ1v) is 11.8. The third-order valence-corrected chi connectivity index (χ3v) is 6.24. The Morgan fingerprint density at radius 1 is 1.36 bits per heavy atom. The van der Waals surface area contributed by atoms with Gasteiger partial charge in [0.05, 0.1) is 11.9 Å². The van der Waals surface area contributed by atoms with Crippen LogP contribution >= 0.6 is 0 Å². The molecule has 1 aliphatic rings. The third kappa shape index (κ3) is 4.95. The number of nitriles is 1. The van der Waals surface area contributed by atoms with Crippen molar-refractivity contribution in [2.45, 2.75) is 39.2 Å². The lowest BCUT2D eigenvalue weighted by atomic mass is 10.0. The highest BCUT2D eigenvalue weighted by atomic mass is 16.2. The molecule has 36 heavy (non-hydrogen) atoms. The highest BCUT2D eigenvalue weighted by Crippen LogP contribution is 2.30. The Morgan fingerprint density at radius 3 is 2.94 bits per heavy atom. The minimum Gasteiger partial charge on any atom is -0.354 e. The number of carbonyl (C=O) groups excluding carboxylic acids is 2. The van der Waals surface area contributed by atoms with Gasteiger partial charge < -0.3 is 20.6 Å². The molecule has 1 atom stereocenters. The molecule has 1 fully saturated rings. The Balaban J connectivity index is 1.44. The fourth-order valence-corrected chi connectivity index (χ4v) is 4.47. The molecular weight excluding hydrogens is 456 g/mol. The first kappa shape index (κ1) is 24.6. The van der Waals surface area contributed by atoms with Gasteiger partial charge in [-0.25, -0.2) is 4.98 Å². The molecule has 3 aromatic heterocycles. The molecule has 1 aliphatic heterocycles. The maximum Gasteiger partial charge on any atom is 0.265 e. The number of fused-ring (bicyclic) bond motifs is 1. The summed E-state index contributed by atoms with van der Waals surface area (Å²) in [6.45, 7) is 4.31. The predicted octanol–water partition coefficient (Wildman–Crippen LogP) is 3.13. The topological polar surface area (TPSA) is 154 Å². The van der Waals surface area contributed by atoms with Crippen LogP contribution in [0.25, 0.3) is 28.2 Å². The van der Waals surface area contributed by atoms with Crippen LogP contribution < -0.4 is 5.32 Å². The predicted molar refractivity (Wildman–Crippen MR) is 137 cm³/mol. The number of carbonyl (C=O) groups is 2. The molecule has 3 aromatic rings. The van der Waals surface area contributed by atoms with Gasteiger partial charge in [0, 0.05) is 48.6 Å². The van der Waals surface area contributed by atoms with Gasteiger partial charge in [0.15, 0.2) is 0 Å². The molecule has 10 nitrogen and oxygen atoms in total. The molecular formula is C26H28N8O2. The maximum absolute atomic E-state index is 12.9. The molecule has 10 heteroatoms. The first-order valence-electron chi connectivity index (χ1n) is 11.8. The molecule has 1 saturated heterocycles. The van der Waals surface area contributed by atoms with Crippen LogP contribution in [-0.4, -0.2) is 62.2 Å². The van der Waals surface area contributed by atoms with Crippen LogP contribution in [0.1, 0.15) is 38.1 Å². The summed E-state index contributed by atoms with van der Waals surface area (Å²) in [6.07, 6.45) is 9.97.